The van der Waals surface area contributed by atoms with Crippen LogP contribution in [0.3, 0.4) is 0 Å². The summed E-state index contributed by atoms with van der Waals surface area (Å²) < 4.78 is 19.2. The highest BCUT2D eigenvalue weighted by molar-refractivity contribution is 5.83. The minimum Gasteiger partial charge on any atom is -0.486 e. The molecule has 0 aliphatic carbocycles. The number of pyridine rings is 1. The number of para-hydroxylation sites is 1. The molecule has 0 spiro atoms. The summed E-state index contributed by atoms with van der Waals surface area (Å²) in [6.07, 6.45) is 2.97. The second kappa shape index (κ2) is 8.63. The van der Waals surface area contributed by atoms with Gasteiger partial charge in [0, 0.05) is 35.9 Å². The molecule has 0 bridgehead atoms. The maximum atomic E-state index is 13.6. The van der Waals surface area contributed by atoms with Crippen molar-refractivity contribution in [2.24, 2.45) is 0 Å². The van der Waals surface area contributed by atoms with Crippen LogP contribution < -0.4 is 19.9 Å². The van der Waals surface area contributed by atoms with Crippen LogP contribution >= 0.6 is 0 Å². The number of anilines is 1. The normalized spacial score (nSPS) is 19.6. The van der Waals surface area contributed by atoms with Gasteiger partial charge in [0.2, 0.25) is 0 Å². The number of tetrazole rings is 1. The van der Waals surface area contributed by atoms with Crippen LogP contribution in [-0.2, 0) is 17.7 Å². The smallest absolute Gasteiger partial charge is 0.254 e. The zero-order chi connectivity index (χ0) is 24.1. The SMILES string of the molecule is O=c1[nH]c2cc3c(cc2cc1[C@H](c1nnnn1C[C@H]1CCCO1)N1CCc2ccccc21)OCCO3. The lowest BCUT2D eigenvalue weighted by atomic mass is 10.0. The lowest BCUT2D eigenvalue weighted by Gasteiger charge is -2.30. The van der Waals surface area contributed by atoms with Crippen molar-refractivity contribution < 1.29 is 14.2 Å². The molecule has 2 aromatic heterocycles. The predicted octanol–water partition coefficient (Wildman–Crippen LogP) is 2.62. The number of nitrogens with zero attached hydrogens (tertiary/aromatic N) is 5. The molecule has 184 valence electrons. The lowest BCUT2D eigenvalue weighted by Crippen LogP contribution is -2.35. The second-order valence-corrected chi connectivity index (χ2v) is 9.47. The third-order valence-electron chi connectivity index (χ3n) is 7.27. The van der Waals surface area contributed by atoms with Crippen LogP contribution in [0.5, 0.6) is 11.5 Å². The van der Waals surface area contributed by atoms with Crippen LogP contribution in [0, 0.1) is 0 Å². The van der Waals surface area contributed by atoms with Crippen LogP contribution in [0.1, 0.15) is 35.8 Å². The molecule has 1 saturated heterocycles. The number of benzene rings is 2. The van der Waals surface area contributed by atoms with Gasteiger partial charge in [-0.25, -0.2) is 4.68 Å². The molecule has 2 aromatic carbocycles. The molecule has 4 aromatic rings. The molecule has 0 saturated carbocycles. The van der Waals surface area contributed by atoms with Crippen molar-refractivity contribution in [1.82, 2.24) is 25.2 Å². The molecule has 3 aliphatic heterocycles. The first-order valence-corrected chi connectivity index (χ1v) is 12.4. The van der Waals surface area contributed by atoms with Crippen LogP contribution in [-0.4, -0.2) is 57.7 Å². The minimum absolute atomic E-state index is 0.0670. The van der Waals surface area contributed by atoms with Gasteiger partial charge in [-0.05, 0) is 53.5 Å². The third kappa shape index (κ3) is 3.60. The van der Waals surface area contributed by atoms with Crippen molar-refractivity contribution in [3.8, 4) is 11.5 Å². The van der Waals surface area contributed by atoms with Crippen LogP contribution in [0.4, 0.5) is 5.69 Å². The van der Waals surface area contributed by atoms with E-state index in [-0.39, 0.29) is 11.7 Å². The van der Waals surface area contributed by atoms with E-state index >= 15 is 0 Å². The van der Waals surface area contributed by atoms with E-state index in [9.17, 15) is 4.79 Å². The second-order valence-electron chi connectivity index (χ2n) is 9.47. The van der Waals surface area contributed by atoms with Gasteiger partial charge in [0.05, 0.1) is 18.2 Å². The molecule has 0 radical (unpaired) electrons. The van der Waals surface area contributed by atoms with Gasteiger partial charge in [0.15, 0.2) is 17.3 Å². The predicted molar refractivity (Wildman–Crippen MR) is 132 cm³/mol. The van der Waals surface area contributed by atoms with Crippen LogP contribution in [0.2, 0.25) is 0 Å². The summed E-state index contributed by atoms with van der Waals surface area (Å²) in [6.45, 7) is 3.06. The zero-order valence-corrected chi connectivity index (χ0v) is 19.7. The minimum atomic E-state index is -0.466. The summed E-state index contributed by atoms with van der Waals surface area (Å²) in [7, 11) is 0. The van der Waals surface area contributed by atoms with Crippen molar-refractivity contribution in [2.45, 2.75) is 38.0 Å². The molecule has 1 N–H and O–H groups in total. The Bertz CT molecular complexity index is 1490. The molecular weight excluding hydrogens is 460 g/mol. The molecule has 0 unspecified atom stereocenters. The molecule has 10 heteroatoms. The van der Waals surface area contributed by atoms with Crippen molar-refractivity contribution in [3.05, 3.63) is 69.8 Å². The van der Waals surface area contributed by atoms with Gasteiger partial charge in [-0.2, -0.15) is 0 Å². The Morgan fingerprint density at radius 3 is 2.81 bits per heavy atom. The third-order valence-corrected chi connectivity index (χ3v) is 7.27. The van der Waals surface area contributed by atoms with Crippen molar-refractivity contribution in [3.63, 3.8) is 0 Å². The van der Waals surface area contributed by atoms with Gasteiger partial charge < -0.3 is 24.1 Å². The summed E-state index contributed by atoms with van der Waals surface area (Å²) >= 11 is 0. The molecule has 36 heavy (non-hydrogen) atoms. The fraction of sp³-hybridized carbons (Fsp3) is 0.385. The van der Waals surface area contributed by atoms with Crippen molar-refractivity contribution in [2.75, 3.05) is 31.3 Å². The number of ether oxygens (including phenoxy) is 3. The van der Waals surface area contributed by atoms with Gasteiger partial charge >= 0.3 is 0 Å². The topological polar surface area (TPSA) is 107 Å². The Kier molecular flexibility index (Phi) is 5.12. The number of hydrogen-bond acceptors (Lipinski definition) is 8. The van der Waals surface area contributed by atoms with E-state index in [1.165, 1.54) is 5.56 Å². The van der Waals surface area contributed by atoms with E-state index in [4.69, 9.17) is 14.2 Å². The van der Waals surface area contributed by atoms with Gasteiger partial charge in [0.1, 0.15) is 19.3 Å². The van der Waals surface area contributed by atoms with E-state index in [2.05, 4.69) is 37.5 Å². The molecule has 0 amide bonds. The molecule has 10 nitrogen and oxygen atoms in total. The fourth-order valence-corrected chi connectivity index (χ4v) is 5.56. The summed E-state index contributed by atoms with van der Waals surface area (Å²) in [6, 6.07) is 13.5. The molecule has 2 atom stereocenters. The quantitative estimate of drug-likeness (QED) is 0.459. The molecule has 7 rings (SSSR count). The highest BCUT2D eigenvalue weighted by Gasteiger charge is 2.35. The molecular formula is C26H26N6O4. The molecule has 1 fully saturated rings. The first-order valence-electron chi connectivity index (χ1n) is 12.4. The van der Waals surface area contributed by atoms with Gasteiger partial charge in [0.25, 0.3) is 5.56 Å². The first-order chi connectivity index (χ1) is 17.7. The number of aromatic amines is 1. The van der Waals surface area contributed by atoms with E-state index in [0.29, 0.717) is 48.2 Å². The van der Waals surface area contributed by atoms with E-state index < -0.39 is 6.04 Å². The average Bonchev–Trinajstić information content (AvgIpc) is 3.66. The van der Waals surface area contributed by atoms with E-state index in [0.717, 1.165) is 43.5 Å². The average molecular weight is 487 g/mol. The lowest BCUT2D eigenvalue weighted by molar-refractivity contribution is 0.0924. The van der Waals surface area contributed by atoms with Gasteiger partial charge in [-0.15, -0.1) is 5.10 Å². The highest BCUT2D eigenvalue weighted by Crippen LogP contribution is 2.39. The Hall–Kier alpha value is -3.92. The standard InChI is InChI=1S/C26H26N6O4/c33-26-19(12-17-13-22-23(14-20(17)27-26)36-11-10-35-22)24(31-8-7-16-4-1-2-6-21(16)31)25-28-29-30-32(25)15-18-5-3-9-34-18/h1-2,4,6,12-14,18,24H,3,5,7-11,15H2,(H,27,33)/t18-,24-/m1/s1. The summed E-state index contributed by atoms with van der Waals surface area (Å²) in [5, 5.41) is 13.6. The number of H-pyrrole nitrogens is 1. The number of rotatable bonds is 5. The maximum absolute atomic E-state index is 13.6. The Labute approximate surface area is 206 Å². The number of hydrogen-bond donors (Lipinski definition) is 1. The Morgan fingerprint density at radius 2 is 1.94 bits per heavy atom. The Morgan fingerprint density at radius 1 is 1.08 bits per heavy atom. The van der Waals surface area contributed by atoms with E-state index in [1.807, 2.05) is 30.3 Å². The summed E-state index contributed by atoms with van der Waals surface area (Å²) in [5.74, 6) is 1.95. The number of fused-ring (bicyclic) bond motifs is 3. The van der Waals surface area contributed by atoms with Gasteiger partial charge in [-0.1, -0.05) is 18.2 Å². The number of aromatic nitrogens is 5. The van der Waals surface area contributed by atoms with Crippen LogP contribution in [0.25, 0.3) is 10.9 Å². The monoisotopic (exact) mass is 486 g/mol. The first kappa shape index (κ1) is 21.4. The van der Waals surface area contributed by atoms with Crippen LogP contribution in [0.15, 0.2) is 47.3 Å². The Balaban J connectivity index is 1.38. The molecule has 3 aliphatic rings. The summed E-state index contributed by atoms with van der Waals surface area (Å²) in [5.41, 5.74) is 3.44. The van der Waals surface area contributed by atoms with Gasteiger partial charge in [-0.3, -0.25) is 4.79 Å². The zero-order valence-electron chi connectivity index (χ0n) is 19.7. The summed E-state index contributed by atoms with van der Waals surface area (Å²) in [4.78, 5) is 18.9. The highest BCUT2D eigenvalue weighted by atomic mass is 16.6. The van der Waals surface area contributed by atoms with Crippen molar-refractivity contribution >= 4 is 16.6 Å². The largest absolute Gasteiger partial charge is 0.486 e. The fourth-order valence-electron chi connectivity index (χ4n) is 5.56. The maximum Gasteiger partial charge on any atom is 0.254 e. The molecule has 5 heterocycles. The number of nitrogens with one attached hydrogen (secondary N) is 1. The van der Waals surface area contributed by atoms with Crippen molar-refractivity contribution in [1.29, 1.82) is 0 Å². The van der Waals surface area contributed by atoms with E-state index in [1.54, 1.807) is 4.68 Å².